The number of anilines is 1. The number of hydrogen-bond acceptors (Lipinski definition) is 6. The molecule has 1 unspecified atom stereocenters. The highest BCUT2D eigenvalue weighted by atomic mass is 35.5. The van der Waals surface area contributed by atoms with Crippen LogP contribution in [0, 0.1) is 5.82 Å². The Labute approximate surface area is 227 Å². The molecule has 8 heteroatoms. The summed E-state index contributed by atoms with van der Waals surface area (Å²) in [7, 11) is 1.98. The maximum absolute atomic E-state index is 14.2. The van der Waals surface area contributed by atoms with E-state index in [1.54, 1.807) is 18.3 Å². The fourth-order valence-corrected chi connectivity index (χ4v) is 4.83. The number of aromatic nitrogens is 1. The number of nitrogens with zero attached hydrogens (tertiary/aromatic N) is 2. The van der Waals surface area contributed by atoms with Gasteiger partial charge in [0.05, 0.1) is 21.8 Å². The number of pyridine rings is 1. The van der Waals surface area contributed by atoms with Gasteiger partial charge in [0, 0.05) is 42.1 Å². The molecular formula is C30H32ClFN4O2. The number of benzene rings is 2. The summed E-state index contributed by atoms with van der Waals surface area (Å²) in [6.45, 7) is 9.54. The number of piperidine rings is 1. The number of fused-ring (bicyclic) bond motifs is 1. The predicted molar refractivity (Wildman–Crippen MR) is 153 cm³/mol. The van der Waals surface area contributed by atoms with Gasteiger partial charge in [-0.3, -0.25) is 9.78 Å². The molecule has 3 N–H and O–H groups in total. The minimum Gasteiger partial charge on any atom is -0.504 e. The monoisotopic (exact) mass is 534 g/mol. The second-order valence-electron chi connectivity index (χ2n) is 9.39. The van der Waals surface area contributed by atoms with E-state index < -0.39 is 11.6 Å². The van der Waals surface area contributed by atoms with Crippen LogP contribution in [-0.4, -0.2) is 47.0 Å². The molecule has 2 heterocycles. The van der Waals surface area contributed by atoms with Crippen LogP contribution in [-0.2, 0) is 0 Å². The van der Waals surface area contributed by atoms with Crippen LogP contribution in [0.3, 0.4) is 0 Å². The number of halogens is 2. The zero-order valence-corrected chi connectivity index (χ0v) is 22.6. The Balaban J connectivity index is 1.69. The van der Waals surface area contributed by atoms with E-state index in [0.29, 0.717) is 39.3 Å². The van der Waals surface area contributed by atoms with Gasteiger partial charge in [0.2, 0.25) is 0 Å². The molecule has 198 valence electrons. The van der Waals surface area contributed by atoms with Crippen LogP contribution in [0.5, 0.6) is 5.75 Å². The molecule has 6 nitrogen and oxygen atoms in total. The van der Waals surface area contributed by atoms with Gasteiger partial charge in [-0.1, -0.05) is 30.3 Å². The number of likely N-dealkylation sites (N-methyl/N-ethyl adjacent to an activating group) is 1. The summed E-state index contributed by atoms with van der Waals surface area (Å²) >= 11 is 6.02. The van der Waals surface area contributed by atoms with E-state index >= 15 is 0 Å². The molecule has 1 aliphatic heterocycles. The van der Waals surface area contributed by atoms with Crippen LogP contribution < -0.4 is 10.6 Å². The minimum absolute atomic E-state index is 0.0784. The number of Topliss-reactive ketones (excluding diaryl/α,β-unsaturated/α-hetero) is 1. The van der Waals surface area contributed by atoms with Crippen LogP contribution in [0.4, 0.5) is 10.1 Å². The van der Waals surface area contributed by atoms with Crippen molar-refractivity contribution < 1.29 is 14.3 Å². The predicted octanol–water partition coefficient (Wildman–Crippen LogP) is 6.67. The lowest BCUT2D eigenvalue weighted by molar-refractivity contribution is 0.101. The Kier molecular flexibility index (Phi) is 8.49. The maximum atomic E-state index is 14.2. The molecule has 2 aromatic carbocycles. The SMILES string of the molecule is C=C(/C=C\C(=C/C)Nc1c(C(C)=O)cnc2ccc(-c3cc(F)c(O)c(Cl)c3)cc12)N1CCCC(NC)C1. The number of carbonyl (C=O) groups excluding carboxylic acids is 1. The topological polar surface area (TPSA) is 77.5 Å². The smallest absolute Gasteiger partial charge is 0.170 e. The number of nitrogens with one attached hydrogen (secondary N) is 2. The molecule has 4 rings (SSSR count). The number of allylic oxidation sites excluding steroid dienone is 3. The average Bonchev–Trinajstić information content (AvgIpc) is 2.92. The molecule has 0 amide bonds. The van der Waals surface area contributed by atoms with Crippen molar-refractivity contribution in [2.75, 3.05) is 25.5 Å². The van der Waals surface area contributed by atoms with Gasteiger partial charge in [0.1, 0.15) is 0 Å². The first kappa shape index (κ1) is 27.4. The van der Waals surface area contributed by atoms with Crippen molar-refractivity contribution in [3.8, 4) is 16.9 Å². The highest BCUT2D eigenvalue weighted by Crippen LogP contribution is 2.36. The third kappa shape index (κ3) is 5.90. The first-order chi connectivity index (χ1) is 18.2. The van der Waals surface area contributed by atoms with E-state index in [-0.39, 0.29) is 10.8 Å². The number of rotatable bonds is 8. The Morgan fingerprint density at radius 2 is 2.05 bits per heavy atom. The summed E-state index contributed by atoms with van der Waals surface area (Å²) in [6.07, 6.45) is 9.66. The van der Waals surface area contributed by atoms with Gasteiger partial charge in [-0.2, -0.15) is 0 Å². The molecule has 0 radical (unpaired) electrons. The molecule has 1 saturated heterocycles. The van der Waals surface area contributed by atoms with Crippen LogP contribution in [0.2, 0.25) is 5.02 Å². The largest absolute Gasteiger partial charge is 0.504 e. The fraction of sp³-hybridized carbons (Fsp3) is 0.267. The van der Waals surface area contributed by atoms with Gasteiger partial charge >= 0.3 is 0 Å². The van der Waals surface area contributed by atoms with E-state index in [1.807, 2.05) is 38.3 Å². The van der Waals surface area contributed by atoms with Crippen LogP contribution in [0.1, 0.15) is 37.0 Å². The molecule has 0 bridgehead atoms. The molecule has 1 aliphatic rings. The van der Waals surface area contributed by atoms with Gasteiger partial charge in [0.15, 0.2) is 17.3 Å². The number of ketones is 1. The highest BCUT2D eigenvalue weighted by molar-refractivity contribution is 6.32. The molecular weight excluding hydrogens is 503 g/mol. The van der Waals surface area contributed by atoms with Crippen molar-refractivity contribution in [3.63, 3.8) is 0 Å². The van der Waals surface area contributed by atoms with Crippen LogP contribution in [0.25, 0.3) is 22.0 Å². The maximum Gasteiger partial charge on any atom is 0.170 e. The molecule has 0 aliphatic carbocycles. The van der Waals surface area contributed by atoms with Crippen LogP contribution in [0.15, 0.2) is 72.7 Å². The second kappa shape index (κ2) is 11.8. The van der Waals surface area contributed by atoms with E-state index in [4.69, 9.17) is 11.6 Å². The fourth-order valence-electron chi connectivity index (χ4n) is 4.63. The Morgan fingerprint density at radius 1 is 1.26 bits per heavy atom. The summed E-state index contributed by atoms with van der Waals surface area (Å²) in [6, 6.07) is 8.61. The minimum atomic E-state index is -0.808. The van der Waals surface area contributed by atoms with Gasteiger partial charge in [0.25, 0.3) is 0 Å². The molecule has 1 atom stereocenters. The summed E-state index contributed by atoms with van der Waals surface area (Å²) in [4.78, 5) is 19.3. The van der Waals surface area contributed by atoms with Gasteiger partial charge < -0.3 is 20.6 Å². The zero-order chi connectivity index (χ0) is 27.4. The zero-order valence-electron chi connectivity index (χ0n) is 21.8. The average molecular weight is 535 g/mol. The first-order valence-electron chi connectivity index (χ1n) is 12.6. The molecule has 38 heavy (non-hydrogen) atoms. The van der Waals surface area contributed by atoms with Crippen LogP contribution >= 0.6 is 11.6 Å². The lowest BCUT2D eigenvalue weighted by Crippen LogP contribution is -2.43. The lowest BCUT2D eigenvalue weighted by atomic mass is 10.00. The summed E-state index contributed by atoms with van der Waals surface area (Å²) in [5.41, 5.74) is 4.57. The summed E-state index contributed by atoms with van der Waals surface area (Å²) < 4.78 is 14.2. The van der Waals surface area contributed by atoms with Gasteiger partial charge in [-0.15, -0.1) is 0 Å². The van der Waals surface area contributed by atoms with Crippen molar-refractivity contribution in [1.29, 1.82) is 0 Å². The van der Waals surface area contributed by atoms with Crippen molar-refractivity contribution in [1.82, 2.24) is 15.2 Å². The van der Waals surface area contributed by atoms with Crippen molar-refractivity contribution >= 4 is 34.0 Å². The van der Waals surface area contributed by atoms with E-state index in [9.17, 15) is 14.3 Å². The Bertz CT molecular complexity index is 1430. The molecule has 0 saturated carbocycles. The third-order valence-electron chi connectivity index (χ3n) is 6.87. The molecule has 3 aromatic rings. The van der Waals surface area contributed by atoms with E-state index in [1.165, 1.54) is 19.1 Å². The van der Waals surface area contributed by atoms with Crippen molar-refractivity contribution in [3.05, 3.63) is 89.1 Å². The highest BCUT2D eigenvalue weighted by Gasteiger charge is 2.19. The Hall–Kier alpha value is -3.68. The Morgan fingerprint density at radius 3 is 2.74 bits per heavy atom. The van der Waals surface area contributed by atoms with Gasteiger partial charge in [-0.25, -0.2) is 4.39 Å². The number of aromatic hydroxyl groups is 1. The number of phenolic OH excluding ortho intramolecular Hbond substituents is 1. The molecule has 0 spiro atoms. The van der Waals surface area contributed by atoms with Gasteiger partial charge in [-0.05, 0) is 81.3 Å². The lowest BCUT2D eigenvalue weighted by Gasteiger charge is -2.34. The second-order valence-corrected chi connectivity index (χ2v) is 9.80. The molecule has 1 aromatic heterocycles. The number of phenols is 1. The van der Waals surface area contributed by atoms with Crippen molar-refractivity contribution in [2.24, 2.45) is 0 Å². The number of likely N-dealkylation sites (tertiary alicyclic amines) is 1. The van der Waals surface area contributed by atoms with E-state index in [2.05, 4.69) is 27.1 Å². The number of hydrogen-bond donors (Lipinski definition) is 3. The number of carbonyl (C=O) groups is 1. The quantitative estimate of drug-likeness (QED) is 0.221. The normalized spacial score (nSPS) is 16.3. The van der Waals surface area contributed by atoms with E-state index in [0.717, 1.165) is 37.3 Å². The van der Waals surface area contributed by atoms with Crippen molar-refractivity contribution in [2.45, 2.75) is 32.7 Å². The molecule has 1 fully saturated rings. The summed E-state index contributed by atoms with van der Waals surface area (Å²) in [5, 5.41) is 17.1. The first-order valence-corrected chi connectivity index (χ1v) is 12.9. The standard InChI is InChI=1S/C30H32ClFN4O2/c1-5-22(10-8-18(2)36-12-6-7-23(17-36)33-4)35-29-24-13-20(21-14-26(31)30(38)27(32)15-21)9-11-28(24)34-16-25(29)19(3)37/h5,8-11,13-16,23,33,38H,2,6-7,12,17H2,1,3-4H3,(H,34,35)/b10-8-,22-5+. The summed E-state index contributed by atoms with van der Waals surface area (Å²) in [5.74, 6) is -1.53. The third-order valence-corrected chi connectivity index (χ3v) is 7.16.